The SMILES string of the molecule is CCC(C)N([SiH3])[SiH3]. The van der Waals surface area contributed by atoms with E-state index in [0.717, 1.165) is 6.04 Å². The summed E-state index contributed by atoms with van der Waals surface area (Å²) >= 11 is 0. The fourth-order valence-electron chi connectivity index (χ4n) is 0.365. The summed E-state index contributed by atoms with van der Waals surface area (Å²) in [6, 6.07) is 0.860. The standard InChI is InChI=1S/C4H15NSi2/c1-3-4(2)5(6)7/h4H,3H2,1-2,6-7H3. The Kier molecular flexibility index (Phi) is 3.59. The third-order valence-electron chi connectivity index (χ3n) is 1.47. The number of rotatable bonds is 2. The van der Waals surface area contributed by atoms with Gasteiger partial charge < -0.3 is 4.23 Å². The lowest BCUT2D eigenvalue weighted by molar-refractivity contribution is 0.509. The van der Waals surface area contributed by atoms with Crippen LogP contribution in [0.4, 0.5) is 0 Å². The minimum atomic E-state index is 0.860. The van der Waals surface area contributed by atoms with Crippen LogP contribution >= 0.6 is 0 Å². The van der Waals surface area contributed by atoms with Gasteiger partial charge in [0.25, 0.3) is 0 Å². The maximum absolute atomic E-state index is 2.50. The van der Waals surface area contributed by atoms with E-state index in [9.17, 15) is 0 Å². The van der Waals surface area contributed by atoms with E-state index in [0.29, 0.717) is 0 Å². The molecule has 0 aromatic carbocycles. The highest BCUT2D eigenvalue weighted by molar-refractivity contribution is 6.25. The summed E-state index contributed by atoms with van der Waals surface area (Å²) in [4.78, 5) is 0. The normalized spacial score (nSPS) is 15.9. The van der Waals surface area contributed by atoms with E-state index in [1.54, 1.807) is 0 Å². The highest BCUT2D eigenvalue weighted by Crippen LogP contribution is 1.92. The third-order valence-corrected chi connectivity index (χ3v) is 3.24. The van der Waals surface area contributed by atoms with Crippen LogP contribution in [-0.4, -0.2) is 31.1 Å². The van der Waals surface area contributed by atoms with Gasteiger partial charge in [-0.25, -0.2) is 0 Å². The molecule has 0 aliphatic carbocycles. The Morgan fingerprint density at radius 1 is 1.57 bits per heavy atom. The molecule has 0 radical (unpaired) electrons. The first-order valence-corrected chi connectivity index (χ1v) is 4.63. The van der Waals surface area contributed by atoms with Crippen molar-refractivity contribution >= 4 is 20.8 Å². The minimum absolute atomic E-state index is 0.860. The van der Waals surface area contributed by atoms with Crippen molar-refractivity contribution in [2.24, 2.45) is 0 Å². The van der Waals surface area contributed by atoms with Gasteiger partial charge in [0.2, 0.25) is 0 Å². The molecule has 0 aromatic heterocycles. The van der Waals surface area contributed by atoms with Gasteiger partial charge in [0, 0.05) is 0 Å². The number of hydrogen-bond acceptors (Lipinski definition) is 1. The molecule has 0 rings (SSSR count). The Bertz CT molecular complexity index is 47.0. The summed E-state index contributed by atoms with van der Waals surface area (Å²) in [5, 5.41) is 0. The average Bonchev–Trinajstić information content (AvgIpc) is 1.65. The molecule has 0 aliphatic rings. The molecule has 1 nitrogen and oxygen atoms in total. The van der Waals surface area contributed by atoms with Crippen LogP contribution in [-0.2, 0) is 0 Å². The van der Waals surface area contributed by atoms with Crippen molar-refractivity contribution in [1.82, 2.24) is 4.23 Å². The zero-order valence-corrected chi connectivity index (χ0v) is 9.73. The first-order chi connectivity index (χ1) is 3.18. The van der Waals surface area contributed by atoms with Crippen LogP contribution in [0.5, 0.6) is 0 Å². The molecule has 0 amide bonds. The van der Waals surface area contributed by atoms with Crippen molar-refractivity contribution in [2.75, 3.05) is 0 Å². The van der Waals surface area contributed by atoms with E-state index < -0.39 is 0 Å². The second-order valence-electron chi connectivity index (χ2n) is 2.22. The van der Waals surface area contributed by atoms with Crippen LogP contribution in [0, 0.1) is 0 Å². The summed E-state index contributed by atoms with van der Waals surface area (Å²) in [7, 11) is 2.51. The molecule has 1 unspecified atom stereocenters. The Hall–Kier alpha value is 0.394. The van der Waals surface area contributed by atoms with E-state index in [-0.39, 0.29) is 0 Å². The van der Waals surface area contributed by atoms with Crippen molar-refractivity contribution in [3.05, 3.63) is 0 Å². The molecule has 44 valence electrons. The Morgan fingerprint density at radius 2 is 2.00 bits per heavy atom. The molecular weight excluding hydrogens is 118 g/mol. The number of hydrogen-bond donors (Lipinski definition) is 0. The molecule has 0 heterocycles. The summed E-state index contributed by atoms with van der Waals surface area (Å²) < 4.78 is 2.50. The quantitative estimate of drug-likeness (QED) is 0.421. The van der Waals surface area contributed by atoms with Crippen LogP contribution in [0.1, 0.15) is 20.3 Å². The van der Waals surface area contributed by atoms with Gasteiger partial charge in [-0.1, -0.05) is 13.8 Å². The smallest absolute Gasteiger partial charge is 0.0700 e. The van der Waals surface area contributed by atoms with Crippen LogP contribution < -0.4 is 0 Å². The predicted molar refractivity (Wildman–Crippen MR) is 41.5 cm³/mol. The fraction of sp³-hybridized carbons (Fsp3) is 1.00. The minimum Gasteiger partial charge on any atom is -0.358 e. The Morgan fingerprint density at radius 3 is 2.00 bits per heavy atom. The van der Waals surface area contributed by atoms with Crippen molar-refractivity contribution in [3.8, 4) is 0 Å². The van der Waals surface area contributed by atoms with E-state index in [1.807, 2.05) is 0 Å². The lowest BCUT2D eigenvalue weighted by Gasteiger charge is -2.17. The lowest BCUT2D eigenvalue weighted by atomic mass is 10.3. The van der Waals surface area contributed by atoms with Gasteiger partial charge in [0.05, 0.1) is 20.8 Å². The summed E-state index contributed by atoms with van der Waals surface area (Å²) in [5.74, 6) is 0. The molecule has 0 N–H and O–H groups in total. The topological polar surface area (TPSA) is 3.24 Å². The lowest BCUT2D eigenvalue weighted by Crippen LogP contribution is -2.26. The average molecular weight is 133 g/mol. The molecule has 0 saturated carbocycles. The summed E-state index contributed by atoms with van der Waals surface area (Å²) in [5.41, 5.74) is 0. The van der Waals surface area contributed by atoms with Gasteiger partial charge in [-0.15, -0.1) is 0 Å². The van der Waals surface area contributed by atoms with E-state index in [1.165, 1.54) is 27.2 Å². The van der Waals surface area contributed by atoms with Crippen LogP contribution in [0.2, 0.25) is 0 Å². The van der Waals surface area contributed by atoms with Gasteiger partial charge in [-0.2, -0.15) is 0 Å². The predicted octanol–water partition coefficient (Wildman–Crippen LogP) is -1.35. The van der Waals surface area contributed by atoms with Crippen molar-refractivity contribution < 1.29 is 0 Å². The number of nitrogens with zero attached hydrogens (tertiary/aromatic N) is 1. The molecule has 1 atom stereocenters. The highest BCUT2D eigenvalue weighted by Gasteiger charge is 1.96. The maximum atomic E-state index is 2.50. The van der Waals surface area contributed by atoms with Gasteiger partial charge in [0.1, 0.15) is 0 Å². The van der Waals surface area contributed by atoms with Crippen LogP contribution in [0.15, 0.2) is 0 Å². The molecule has 0 saturated heterocycles. The second-order valence-corrected chi connectivity index (χ2v) is 6.83. The van der Waals surface area contributed by atoms with Gasteiger partial charge in [-0.3, -0.25) is 0 Å². The second kappa shape index (κ2) is 3.40. The van der Waals surface area contributed by atoms with Gasteiger partial charge >= 0.3 is 0 Å². The van der Waals surface area contributed by atoms with Crippen molar-refractivity contribution in [3.63, 3.8) is 0 Å². The zero-order valence-electron chi connectivity index (χ0n) is 5.73. The monoisotopic (exact) mass is 133 g/mol. The largest absolute Gasteiger partial charge is 0.358 e. The summed E-state index contributed by atoms with van der Waals surface area (Å²) in [6.07, 6.45) is 1.31. The fourth-order valence-corrected chi connectivity index (χ4v) is 1.10. The van der Waals surface area contributed by atoms with Gasteiger partial charge in [-0.05, 0) is 12.5 Å². The van der Waals surface area contributed by atoms with E-state index in [4.69, 9.17) is 0 Å². The molecule has 0 aliphatic heterocycles. The zero-order chi connectivity index (χ0) is 5.86. The highest BCUT2D eigenvalue weighted by atomic mass is 28.2. The first-order valence-electron chi connectivity index (χ1n) is 2.85. The van der Waals surface area contributed by atoms with Crippen molar-refractivity contribution in [1.29, 1.82) is 0 Å². The Balaban J connectivity index is 3.14. The summed E-state index contributed by atoms with van der Waals surface area (Å²) in [6.45, 7) is 4.54. The molecular formula is C4H15NSi2. The van der Waals surface area contributed by atoms with E-state index >= 15 is 0 Å². The van der Waals surface area contributed by atoms with E-state index in [2.05, 4.69) is 18.1 Å². The molecule has 3 heteroatoms. The molecule has 0 bridgehead atoms. The molecule has 0 aromatic rings. The third kappa shape index (κ3) is 3.02. The maximum Gasteiger partial charge on any atom is 0.0700 e. The van der Waals surface area contributed by atoms with Crippen LogP contribution in [0.3, 0.4) is 0 Å². The van der Waals surface area contributed by atoms with Crippen molar-refractivity contribution in [2.45, 2.75) is 26.3 Å². The molecule has 0 fully saturated rings. The van der Waals surface area contributed by atoms with Crippen LogP contribution in [0.25, 0.3) is 0 Å². The Labute approximate surface area is 52.1 Å². The first kappa shape index (κ1) is 7.39. The molecule has 0 spiro atoms. The molecule has 7 heavy (non-hydrogen) atoms. The van der Waals surface area contributed by atoms with Gasteiger partial charge in [0.15, 0.2) is 0 Å².